The van der Waals surface area contributed by atoms with Crippen molar-refractivity contribution in [2.24, 2.45) is 5.41 Å². The average molecular weight is 144 g/mol. The largest absolute Gasteiger partial charge is 0.157 e. The molecule has 0 fully saturated rings. The lowest BCUT2D eigenvalue weighted by molar-refractivity contribution is 0.481. The predicted molar refractivity (Wildman–Crippen MR) is 47.0 cm³/mol. The zero-order valence-electron chi connectivity index (χ0n) is 6.61. The molecule has 0 saturated heterocycles. The fourth-order valence-electron chi connectivity index (χ4n) is 0.448. The molecule has 0 nitrogen and oxygen atoms in total. The smallest absolute Gasteiger partial charge is 0.0110 e. The summed E-state index contributed by atoms with van der Waals surface area (Å²) in [5, 5.41) is 0. The standard InChI is InChI=1S/C8H16S/c1-5-6-9-7-8(2,3)4/h5H,1,6-7H2,2-4H3. The van der Waals surface area contributed by atoms with E-state index in [2.05, 4.69) is 27.4 Å². The van der Waals surface area contributed by atoms with Crippen LogP contribution in [0.15, 0.2) is 12.7 Å². The third-order valence-corrected chi connectivity index (χ3v) is 2.31. The highest BCUT2D eigenvalue weighted by molar-refractivity contribution is 7.99. The van der Waals surface area contributed by atoms with Crippen molar-refractivity contribution >= 4 is 11.8 Å². The van der Waals surface area contributed by atoms with E-state index in [0.29, 0.717) is 5.41 Å². The molecule has 0 saturated carbocycles. The molecule has 0 N–H and O–H groups in total. The van der Waals surface area contributed by atoms with Gasteiger partial charge in [0.25, 0.3) is 0 Å². The molecular weight excluding hydrogens is 128 g/mol. The molecular formula is C8H16S. The van der Waals surface area contributed by atoms with Gasteiger partial charge in [0.1, 0.15) is 0 Å². The van der Waals surface area contributed by atoms with Crippen LogP contribution in [0.1, 0.15) is 20.8 Å². The van der Waals surface area contributed by atoms with Crippen LogP contribution >= 0.6 is 11.8 Å². The Bertz CT molecular complexity index is 79.1. The van der Waals surface area contributed by atoms with Gasteiger partial charge in [-0.25, -0.2) is 0 Å². The van der Waals surface area contributed by atoms with Gasteiger partial charge in [-0.15, -0.1) is 6.58 Å². The Hall–Kier alpha value is 0.0900. The van der Waals surface area contributed by atoms with Gasteiger partial charge in [0.05, 0.1) is 0 Å². The van der Waals surface area contributed by atoms with Gasteiger partial charge in [-0.3, -0.25) is 0 Å². The van der Waals surface area contributed by atoms with Crippen molar-refractivity contribution in [2.75, 3.05) is 11.5 Å². The van der Waals surface area contributed by atoms with Gasteiger partial charge >= 0.3 is 0 Å². The molecule has 0 aromatic heterocycles. The van der Waals surface area contributed by atoms with Crippen molar-refractivity contribution in [3.63, 3.8) is 0 Å². The molecule has 0 bridgehead atoms. The van der Waals surface area contributed by atoms with Gasteiger partial charge in [-0.1, -0.05) is 26.8 Å². The summed E-state index contributed by atoms with van der Waals surface area (Å²) >= 11 is 1.94. The third-order valence-electron chi connectivity index (χ3n) is 0.771. The van der Waals surface area contributed by atoms with E-state index in [1.54, 1.807) is 0 Å². The molecule has 0 rings (SSSR count). The van der Waals surface area contributed by atoms with Crippen molar-refractivity contribution in [2.45, 2.75) is 20.8 Å². The number of thioether (sulfide) groups is 1. The highest BCUT2D eigenvalue weighted by atomic mass is 32.2. The Kier molecular flexibility index (Phi) is 4.03. The van der Waals surface area contributed by atoms with Gasteiger partial charge in [0.2, 0.25) is 0 Å². The molecule has 0 atom stereocenters. The minimum absolute atomic E-state index is 0.466. The second-order valence-corrected chi connectivity index (χ2v) is 4.39. The minimum atomic E-state index is 0.466. The molecule has 0 aromatic carbocycles. The quantitative estimate of drug-likeness (QED) is 0.433. The highest BCUT2D eigenvalue weighted by Crippen LogP contribution is 2.19. The lowest BCUT2D eigenvalue weighted by Gasteiger charge is -2.16. The normalized spacial score (nSPS) is 11.4. The fourth-order valence-corrected chi connectivity index (χ4v) is 1.35. The van der Waals surface area contributed by atoms with Gasteiger partial charge in [-0.2, -0.15) is 11.8 Å². The maximum absolute atomic E-state index is 3.66. The van der Waals surface area contributed by atoms with Crippen LogP contribution < -0.4 is 0 Å². The van der Waals surface area contributed by atoms with E-state index in [0.717, 1.165) is 5.75 Å². The monoisotopic (exact) mass is 144 g/mol. The molecule has 1 heteroatoms. The van der Waals surface area contributed by atoms with Crippen LogP contribution in [0.2, 0.25) is 0 Å². The minimum Gasteiger partial charge on any atom is -0.157 e. The second-order valence-electron chi connectivity index (χ2n) is 3.36. The van der Waals surface area contributed by atoms with Crippen molar-refractivity contribution in [1.29, 1.82) is 0 Å². The summed E-state index contributed by atoms with van der Waals surface area (Å²) in [6, 6.07) is 0. The first-order valence-electron chi connectivity index (χ1n) is 3.25. The summed E-state index contributed by atoms with van der Waals surface area (Å²) in [4.78, 5) is 0. The van der Waals surface area contributed by atoms with Crippen molar-refractivity contribution in [3.8, 4) is 0 Å². The van der Waals surface area contributed by atoms with Crippen LogP contribution in [0.5, 0.6) is 0 Å². The maximum atomic E-state index is 3.66. The summed E-state index contributed by atoms with van der Waals surface area (Å²) in [7, 11) is 0. The van der Waals surface area contributed by atoms with Crippen LogP contribution in [-0.4, -0.2) is 11.5 Å². The van der Waals surface area contributed by atoms with Crippen LogP contribution in [0.4, 0.5) is 0 Å². The zero-order chi connectivity index (χ0) is 7.33. The summed E-state index contributed by atoms with van der Waals surface area (Å²) in [5.41, 5.74) is 0.466. The lowest BCUT2D eigenvalue weighted by Crippen LogP contribution is -2.08. The predicted octanol–water partition coefficient (Wildman–Crippen LogP) is 2.95. The first-order valence-corrected chi connectivity index (χ1v) is 4.40. The Morgan fingerprint density at radius 1 is 1.44 bits per heavy atom. The number of hydrogen-bond acceptors (Lipinski definition) is 1. The molecule has 0 unspecified atom stereocenters. The molecule has 0 aliphatic carbocycles. The molecule has 0 aliphatic rings. The summed E-state index contributed by atoms with van der Waals surface area (Å²) in [5.74, 6) is 2.30. The highest BCUT2D eigenvalue weighted by Gasteiger charge is 2.08. The molecule has 0 aliphatic heterocycles. The fraction of sp³-hybridized carbons (Fsp3) is 0.750. The van der Waals surface area contributed by atoms with Gasteiger partial charge in [0.15, 0.2) is 0 Å². The van der Waals surface area contributed by atoms with E-state index in [9.17, 15) is 0 Å². The Balaban J connectivity index is 3.17. The van der Waals surface area contributed by atoms with Crippen LogP contribution in [0, 0.1) is 5.41 Å². The zero-order valence-corrected chi connectivity index (χ0v) is 7.42. The topological polar surface area (TPSA) is 0 Å². The molecule has 54 valence electrons. The van der Waals surface area contributed by atoms with E-state index in [-0.39, 0.29) is 0 Å². The third kappa shape index (κ3) is 8.09. The van der Waals surface area contributed by atoms with Crippen molar-refractivity contribution < 1.29 is 0 Å². The molecule has 0 heterocycles. The van der Waals surface area contributed by atoms with Crippen LogP contribution in [0.25, 0.3) is 0 Å². The van der Waals surface area contributed by atoms with Crippen LogP contribution in [-0.2, 0) is 0 Å². The van der Waals surface area contributed by atoms with Gasteiger partial charge in [0, 0.05) is 5.75 Å². The van der Waals surface area contributed by atoms with Crippen molar-refractivity contribution in [1.82, 2.24) is 0 Å². The van der Waals surface area contributed by atoms with E-state index >= 15 is 0 Å². The SMILES string of the molecule is C=CCSCC(C)(C)C. The first-order chi connectivity index (χ1) is 4.06. The van der Waals surface area contributed by atoms with E-state index in [1.165, 1.54) is 5.75 Å². The summed E-state index contributed by atoms with van der Waals surface area (Å²) in [6.07, 6.45) is 1.95. The first kappa shape index (κ1) is 9.09. The Morgan fingerprint density at radius 3 is 2.33 bits per heavy atom. The maximum Gasteiger partial charge on any atom is 0.0110 e. The van der Waals surface area contributed by atoms with Gasteiger partial charge < -0.3 is 0 Å². The van der Waals surface area contributed by atoms with E-state index in [4.69, 9.17) is 0 Å². The van der Waals surface area contributed by atoms with Crippen LogP contribution in [0.3, 0.4) is 0 Å². The molecule has 0 amide bonds. The van der Waals surface area contributed by atoms with E-state index < -0.39 is 0 Å². The molecule has 0 aromatic rings. The van der Waals surface area contributed by atoms with E-state index in [1.807, 2.05) is 17.8 Å². The molecule has 0 spiro atoms. The molecule has 0 radical (unpaired) electrons. The van der Waals surface area contributed by atoms with Gasteiger partial charge in [-0.05, 0) is 11.2 Å². The average Bonchev–Trinajstić information content (AvgIpc) is 1.63. The number of rotatable bonds is 3. The Labute approximate surface area is 62.7 Å². The summed E-state index contributed by atoms with van der Waals surface area (Å²) in [6.45, 7) is 10.4. The lowest BCUT2D eigenvalue weighted by atomic mass is 10.0. The number of hydrogen-bond donors (Lipinski definition) is 0. The Morgan fingerprint density at radius 2 is 2.00 bits per heavy atom. The second kappa shape index (κ2) is 3.99. The summed E-state index contributed by atoms with van der Waals surface area (Å²) < 4.78 is 0. The molecule has 9 heavy (non-hydrogen) atoms. The van der Waals surface area contributed by atoms with Crippen molar-refractivity contribution in [3.05, 3.63) is 12.7 Å².